The maximum absolute atomic E-state index is 13.7. The van der Waals surface area contributed by atoms with Gasteiger partial charge in [-0.15, -0.1) is 0 Å². The van der Waals surface area contributed by atoms with E-state index in [0.29, 0.717) is 39.7 Å². The van der Waals surface area contributed by atoms with Crippen molar-refractivity contribution in [2.75, 3.05) is 7.11 Å². The number of nitrogens with one attached hydrogen (secondary N) is 1. The number of aromatic hydroxyl groups is 1. The molecule has 0 spiro atoms. The molecule has 7 nitrogen and oxygen atoms in total. The number of H-pyrrole nitrogens is 1. The number of rotatable bonds is 7. The SMILES string of the molecule is COc1cccc(C=Nc2ccccc2N=C(c2ccccc2)c2c(C)[nH]n(-c3ccccc3)c2=O)c1O. The van der Waals surface area contributed by atoms with Crippen LogP contribution in [0.2, 0.25) is 0 Å². The summed E-state index contributed by atoms with van der Waals surface area (Å²) in [6.45, 7) is 1.87. The van der Waals surface area contributed by atoms with Crippen LogP contribution in [-0.2, 0) is 0 Å². The summed E-state index contributed by atoms with van der Waals surface area (Å²) < 4.78 is 6.73. The van der Waals surface area contributed by atoms with Crippen molar-refractivity contribution in [1.29, 1.82) is 0 Å². The Morgan fingerprint density at radius 2 is 1.53 bits per heavy atom. The number of ether oxygens (including phenoxy) is 1. The molecule has 0 radical (unpaired) electrons. The fourth-order valence-electron chi connectivity index (χ4n) is 4.18. The van der Waals surface area contributed by atoms with Crippen molar-refractivity contribution in [2.45, 2.75) is 6.92 Å². The monoisotopic (exact) mass is 502 g/mol. The van der Waals surface area contributed by atoms with Gasteiger partial charge in [-0.3, -0.25) is 14.9 Å². The number of hydrogen-bond donors (Lipinski definition) is 2. The lowest BCUT2D eigenvalue weighted by Crippen LogP contribution is -2.21. The van der Waals surface area contributed by atoms with E-state index >= 15 is 0 Å². The fourth-order valence-corrected chi connectivity index (χ4v) is 4.18. The van der Waals surface area contributed by atoms with Crippen LogP contribution in [0.25, 0.3) is 5.69 Å². The topological polar surface area (TPSA) is 92.0 Å². The highest BCUT2D eigenvalue weighted by Crippen LogP contribution is 2.32. The van der Waals surface area contributed by atoms with Gasteiger partial charge >= 0.3 is 0 Å². The molecule has 0 aliphatic rings. The number of phenols is 1. The molecule has 2 N–H and O–H groups in total. The lowest BCUT2D eigenvalue weighted by atomic mass is 10.0. The van der Waals surface area contributed by atoms with E-state index in [1.165, 1.54) is 11.8 Å². The highest BCUT2D eigenvalue weighted by molar-refractivity contribution is 6.14. The van der Waals surface area contributed by atoms with Gasteiger partial charge < -0.3 is 9.84 Å². The summed E-state index contributed by atoms with van der Waals surface area (Å²) in [5, 5.41) is 13.6. The van der Waals surface area contributed by atoms with Crippen LogP contribution in [0.15, 0.2) is 118 Å². The standard InChI is InChI=1S/C31H26N4O3/c1-21-28(31(37)35(34-21)24-15-7-4-8-16-24)29(22-12-5-3-6-13-22)33-26-18-10-9-17-25(26)32-20-23-14-11-19-27(38-2)30(23)36/h3-20,34,36H,1-2H3. The summed E-state index contributed by atoms with van der Waals surface area (Å²) >= 11 is 0. The zero-order valence-corrected chi connectivity index (χ0v) is 21.0. The molecule has 0 aliphatic heterocycles. The van der Waals surface area contributed by atoms with Gasteiger partial charge in [0.1, 0.15) is 0 Å². The Hall–Kier alpha value is -5.17. The van der Waals surface area contributed by atoms with Crippen molar-refractivity contribution in [3.63, 3.8) is 0 Å². The molecule has 0 fully saturated rings. The Labute approximate surface area is 220 Å². The Bertz CT molecular complexity index is 1680. The first-order chi connectivity index (χ1) is 18.6. The Kier molecular flexibility index (Phi) is 6.99. The Balaban J connectivity index is 1.65. The zero-order valence-electron chi connectivity index (χ0n) is 21.0. The first-order valence-electron chi connectivity index (χ1n) is 12.1. The minimum absolute atomic E-state index is 0.00844. The second-order valence-corrected chi connectivity index (χ2v) is 8.56. The number of para-hydroxylation sites is 4. The predicted molar refractivity (Wildman–Crippen MR) is 151 cm³/mol. The van der Waals surface area contributed by atoms with Crippen LogP contribution in [0.1, 0.15) is 22.4 Å². The van der Waals surface area contributed by atoms with Crippen LogP contribution in [0.4, 0.5) is 11.4 Å². The predicted octanol–water partition coefficient (Wildman–Crippen LogP) is 6.11. The van der Waals surface area contributed by atoms with Crippen molar-refractivity contribution >= 4 is 23.3 Å². The van der Waals surface area contributed by atoms with E-state index < -0.39 is 0 Å². The second-order valence-electron chi connectivity index (χ2n) is 8.56. The van der Waals surface area contributed by atoms with Gasteiger partial charge in [-0.25, -0.2) is 9.67 Å². The third kappa shape index (κ3) is 4.90. The molecule has 0 amide bonds. The first kappa shape index (κ1) is 24.5. The van der Waals surface area contributed by atoms with Crippen LogP contribution >= 0.6 is 0 Å². The summed E-state index contributed by atoms with van der Waals surface area (Å²) in [4.78, 5) is 23.3. The zero-order chi connectivity index (χ0) is 26.5. The van der Waals surface area contributed by atoms with Crippen molar-refractivity contribution in [3.05, 3.63) is 136 Å². The molecule has 5 rings (SSSR count). The summed E-state index contributed by atoms with van der Waals surface area (Å²) in [6, 6.07) is 31.7. The van der Waals surface area contributed by atoms with Gasteiger partial charge in [0.2, 0.25) is 0 Å². The molecule has 1 aromatic heterocycles. The summed E-state index contributed by atoms with van der Waals surface area (Å²) in [7, 11) is 1.50. The fraction of sp³-hybridized carbons (Fsp3) is 0.0645. The third-order valence-corrected chi connectivity index (χ3v) is 6.08. The second kappa shape index (κ2) is 10.8. The molecule has 0 aliphatic carbocycles. The molecule has 7 heteroatoms. The molecule has 0 saturated heterocycles. The Morgan fingerprint density at radius 1 is 0.868 bits per heavy atom. The van der Waals surface area contributed by atoms with Gasteiger partial charge in [0, 0.05) is 23.0 Å². The van der Waals surface area contributed by atoms with E-state index in [-0.39, 0.29) is 11.3 Å². The molecule has 188 valence electrons. The number of methoxy groups -OCH3 is 1. The smallest absolute Gasteiger partial charge is 0.280 e. The molecular formula is C31H26N4O3. The molecule has 38 heavy (non-hydrogen) atoms. The molecule has 0 saturated carbocycles. The van der Waals surface area contributed by atoms with Crippen LogP contribution in [0.5, 0.6) is 11.5 Å². The van der Waals surface area contributed by atoms with Crippen molar-refractivity contribution in [2.24, 2.45) is 9.98 Å². The van der Waals surface area contributed by atoms with Gasteiger partial charge in [-0.2, -0.15) is 0 Å². The number of aromatic nitrogens is 2. The number of phenolic OH excluding ortho intramolecular Hbond substituents is 1. The lowest BCUT2D eigenvalue weighted by Gasteiger charge is -2.08. The molecular weight excluding hydrogens is 476 g/mol. The van der Waals surface area contributed by atoms with Crippen LogP contribution in [0.3, 0.4) is 0 Å². The van der Waals surface area contributed by atoms with Crippen LogP contribution in [0, 0.1) is 6.92 Å². The van der Waals surface area contributed by atoms with E-state index in [4.69, 9.17) is 9.73 Å². The van der Waals surface area contributed by atoms with Gasteiger partial charge in [-0.05, 0) is 43.3 Å². The van der Waals surface area contributed by atoms with Gasteiger partial charge in [0.15, 0.2) is 11.5 Å². The third-order valence-electron chi connectivity index (χ3n) is 6.08. The molecule has 0 unspecified atom stereocenters. The highest BCUT2D eigenvalue weighted by atomic mass is 16.5. The van der Waals surface area contributed by atoms with Crippen LogP contribution < -0.4 is 10.3 Å². The number of aromatic amines is 1. The van der Waals surface area contributed by atoms with Gasteiger partial charge in [0.05, 0.1) is 35.4 Å². The average Bonchev–Trinajstić information content (AvgIpc) is 3.26. The number of benzene rings is 4. The summed E-state index contributed by atoms with van der Waals surface area (Å²) in [6.07, 6.45) is 1.57. The molecule has 1 heterocycles. The van der Waals surface area contributed by atoms with E-state index in [9.17, 15) is 9.90 Å². The lowest BCUT2D eigenvalue weighted by molar-refractivity contribution is 0.373. The van der Waals surface area contributed by atoms with E-state index in [0.717, 1.165) is 11.3 Å². The van der Waals surface area contributed by atoms with Gasteiger partial charge in [-0.1, -0.05) is 66.7 Å². The number of nitrogens with zero attached hydrogens (tertiary/aromatic N) is 3. The maximum atomic E-state index is 13.7. The summed E-state index contributed by atoms with van der Waals surface area (Å²) in [5.41, 5.74) is 4.73. The number of aryl methyl sites for hydroxylation is 1. The highest BCUT2D eigenvalue weighted by Gasteiger charge is 2.20. The molecule has 0 atom stereocenters. The minimum atomic E-state index is -0.196. The van der Waals surface area contributed by atoms with Crippen molar-refractivity contribution in [1.82, 2.24) is 9.78 Å². The van der Waals surface area contributed by atoms with E-state index in [1.807, 2.05) is 91.9 Å². The molecule has 0 bridgehead atoms. The van der Waals surface area contributed by atoms with Crippen molar-refractivity contribution in [3.8, 4) is 17.2 Å². The quantitative estimate of drug-likeness (QED) is 0.263. The largest absolute Gasteiger partial charge is 0.504 e. The number of hydrogen-bond acceptors (Lipinski definition) is 5. The Morgan fingerprint density at radius 3 is 2.24 bits per heavy atom. The van der Waals surface area contributed by atoms with Crippen LogP contribution in [-0.4, -0.2) is 33.9 Å². The first-order valence-corrected chi connectivity index (χ1v) is 12.1. The molecule has 4 aromatic carbocycles. The van der Waals surface area contributed by atoms with E-state index in [1.54, 1.807) is 24.4 Å². The summed E-state index contributed by atoms with van der Waals surface area (Å²) in [5.74, 6) is 0.373. The van der Waals surface area contributed by atoms with Gasteiger partial charge in [0.25, 0.3) is 5.56 Å². The maximum Gasteiger partial charge on any atom is 0.280 e. The minimum Gasteiger partial charge on any atom is -0.504 e. The normalized spacial score (nSPS) is 11.7. The number of aliphatic imine (C=N–C) groups is 2. The van der Waals surface area contributed by atoms with Crippen molar-refractivity contribution < 1.29 is 9.84 Å². The van der Waals surface area contributed by atoms with E-state index in [2.05, 4.69) is 10.1 Å². The molecule has 5 aromatic rings. The average molecular weight is 503 g/mol.